The summed E-state index contributed by atoms with van der Waals surface area (Å²) in [7, 11) is 0. The highest BCUT2D eigenvalue weighted by atomic mass is 79.9. The van der Waals surface area contributed by atoms with E-state index in [-0.39, 0.29) is 17.6 Å². The molecule has 6 heteroatoms. The molecule has 1 aromatic rings. The number of aryl methyl sites for hydroxylation is 1. The van der Waals surface area contributed by atoms with Gasteiger partial charge >= 0.3 is 0 Å². The fourth-order valence-electron chi connectivity index (χ4n) is 3.17. The van der Waals surface area contributed by atoms with E-state index in [0.29, 0.717) is 31.4 Å². The normalized spacial score (nSPS) is 29.9. The highest BCUT2D eigenvalue weighted by Crippen LogP contribution is 2.45. The number of nitrogens with zero attached hydrogens (tertiary/aromatic N) is 2. The number of aliphatic hydroxyl groups is 1. The molecule has 0 aromatic carbocycles. The molecule has 1 amide bonds. The van der Waals surface area contributed by atoms with Crippen LogP contribution >= 0.6 is 16.1 Å². The number of carbonyl (C=O) groups is 1. The lowest BCUT2D eigenvalue weighted by molar-refractivity contribution is 0.0229. The lowest BCUT2D eigenvalue weighted by Gasteiger charge is -2.40. The van der Waals surface area contributed by atoms with Gasteiger partial charge in [0.25, 0.3) is 11.5 Å². The Kier molecular flexibility index (Phi) is 2.83. The first kappa shape index (κ1) is 12.9. The van der Waals surface area contributed by atoms with Gasteiger partial charge in [-0.2, -0.15) is 0 Å². The van der Waals surface area contributed by atoms with Crippen LogP contribution < -0.4 is 5.56 Å². The summed E-state index contributed by atoms with van der Waals surface area (Å²) in [6, 6.07) is 3.19. The molecule has 5 nitrogen and oxygen atoms in total. The summed E-state index contributed by atoms with van der Waals surface area (Å²) >= 11 is 3.33. The first-order valence-corrected chi connectivity index (χ1v) is 7.10. The second-order valence-electron chi connectivity index (χ2n) is 5.34. The number of aliphatic hydroxyl groups excluding tert-OH is 1. The van der Waals surface area contributed by atoms with Crippen LogP contribution in [0.5, 0.6) is 0 Å². The molecule has 2 heterocycles. The molecule has 1 spiro atoms. The Morgan fingerprint density at radius 1 is 1.32 bits per heavy atom. The Balaban J connectivity index is 2.23. The average Bonchev–Trinajstić information content (AvgIpc) is 2.61. The van der Waals surface area contributed by atoms with E-state index in [4.69, 9.17) is 0 Å². The van der Waals surface area contributed by atoms with Crippen molar-refractivity contribution in [3.05, 3.63) is 33.7 Å². The van der Waals surface area contributed by atoms with Gasteiger partial charge < -0.3 is 5.11 Å². The number of fused-ring (bicyclic) bond motifs is 2. The fraction of sp³-hybridized carbons (Fsp3) is 0.538. The van der Waals surface area contributed by atoms with Crippen molar-refractivity contribution in [1.82, 2.24) is 8.49 Å². The SMILES string of the molecule is Cc1ccc(=O)n2c1C(=O)N(Br)C21CCC(O)CC1. The van der Waals surface area contributed by atoms with Crippen molar-refractivity contribution < 1.29 is 9.90 Å². The average molecular weight is 327 g/mol. The third-order valence-electron chi connectivity index (χ3n) is 4.21. The highest BCUT2D eigenvalue weighted by Gasteiger charge is 2.51. The topological polar surface area (TPSA) is 62.5 Å². The Morgan fingerprint density at radius 2 is 1.95 bits per heavy atom. The maximum Gasteiger partial charge on any atom is 0.282 e. The van der Waals surface area contributed by atoms with E-state index in [9.17, 15) is 14.7 Å². The van der Waals surface area contributed by atoms with Gasteiger partial charge in [-0.3, -0.25) is 14.2 Å². The van der Waals surface area contributed by atoms with E-state index in [1.165, 1.54) is 9.99 Å². The number of hydrogen-bond acceptors (Lipinski definition) is 3. The number of carbonyl (C=O) groups excluding carboxylic acids is 1. The van der Waals surface area contributed by atoms with Crippen molar-refractivity contribution in [2.45, 2.75) is 44.4 Å². The molecule has 1 N–H and O–H groups in total. The van der Waals surface area contributed by atoms with Crippen LogP contribution in [0.15, 0.2) is 16.9 Å². The van der Waals surface area contributed by atoms with Crippen LogP contribution in [0.25, 0.3) is 0 Å². The van der Waals surface area contributed by atoms with E-state index in [1.807, 2.05) is 6.92 Å². The minimum Gasteiger partial charge on any atom is -0.393 e. The summed E-state index contributed by atoms with van der Waals surface area (Å²) < 4.78 is 3.10. The van der Waals surface area contributed by atoms with Crippen LogP contribution in [-0.4, -0.2) is 25.6 Å². The molecule has 3 rings (SSSR count). The third kappa shape index (κ3) is 1.63. The minimum atomic E-state index is -0.658. The van der Waals surface area contributed by atoms with Gasteiger partial charge in [0.15, 0.2) is 0 Å². The quantitative estimate of drug-likeness (QED) is 0.735. The molecule has 1 aromatic heterocycles. The molecule has 19 heavy (non-hydrogen) atoms. The van der Waals surface area contributed by atoms with Crippen LogP contribution in [0.3, 0.4) is 0 Å². The predicted molar refractivity (Wildman–Crippen MR) is 73.0 cm³/mol. The number of hydrogen-bond donors (Lipinski definition) is 1. The third-order valence-corrected chi connectivity index (χ3v) is 5.19. The van der Waals surface area contributed by atoms with Crippen LogP contribution in [0, 0.1) is 6.92 Å². The van der Waals surface area contributed by atoms with E-state index in [2.05, 4.69) is 16.1 Å². The van der Waals surface area contributed by atoms with Gasteiger partial charge in [0, 0.05) is 6.07 Å². The Labute approximate surface area is 119 Å². The number of amides is 1. The monoisotopic (exact) mass is 326 g/mol. The number of rotatable bonds is 0. The molecule has 0 atom stereocenters. The van der Waals surface area contributed by atoms with Gasteiger partial charge in [0.1, 0.15) is 11.4 Å². The summed E-state index contributed by atoms with van der Waals surface area (Å²) in [6.45, 7) is 1.83. The van der Waals surface area contributed by atoms with Gasteiger partial charge in [-0.25, -0.2) is 3.93 Å². The zero-order chi connectivity index (χ0) is 13.8. The molecular weight excluding hydrogens is 312 g/mol. The molecule has 1 saturated carbocycles. The zero-order valence-electron chi connectivity index (χ0n) is 10.6. The molecule has 0 saturated heterocycles. The van der Waals surface area contributed by atoms with Crippen molar-refractivity contribution in [3.8, 4) is 0 Å². The van der Waals surface area contributed by atoms with Gasteiger partial charge in [-0.05, 0) is 38.2 Å². The van der Waals surface area contributed by atoms with Gasteiger partial charge in [-0.15, -0.1) is 0 Å². The summed E-state index contributed by atoms with van der Waals surface area (Å²) in [5.74, 6) is -0.174. The zero-order valence-corrected chi connectivity index (χ0v) is 12.2. The second-order valence-corrected chi connectivity index (χ2v) is 6.05. The summed E-state index contributed by atoms with van der Waals surface area (Å²) in [6.07, 6.45) is 2.01. The summed E-state index contributed by atoms with van der Waals surface area (Å²) in [5.41, 5.74) is 0.444. The fourth-order valence-corrected chi connectivity index (χ4v) is 3.85. The largest absolute Gasteiger partial charge is 0.393 e. The maximum atomic E-state index is 12.4. The van der Waals surface area contributed by atoms with E-state index in [0.717, 1.165) is 5.56 Å². The van der Waals surface area contributed by atoms with E-state index in [1.54, 1.807) is 10.6 Å². The lowest BCUT2D eigenvalue weighted by Crippen LogP contribution is -2.48. The molecule has 1 aliphatic heterocycles. The molecule has 0 bridgehead atoms. The Morgan fingerprint density at radius 3 is 2.58 bits per heavy atom. The molecule has 1 aliphatic carbocycles. The molecule has 0 unspecified atom stereocenters. The van der Waals surface area contributed by atoms with Crippen LogP contribution in [0.4, 0.5) is 0 Å². The van der Waals surface area contributed by atoms with Crippen molar-refractivity contribution >= 4 is 22.1 Å². The number of pyridine rings is 1. The van der Waals surface area contributed by atoms with Crippen molar-refractivity contribution in [2.24, 2.45) is 0 Å². The van der Waals surface area contributed by atoms with E-state index >= 15 is 0 Å². The van der Waals surface area contributed by atoms with Crippen molar-refractivity contribution in [3.63, 3.8) is 0 Å². The predicted octanol–water partition coefficient (Wildman–Crippen LogP) is 1.51. The van der Waals surface area contributed by atoms with Gasteiger partial charge in [0.05, 0.1) is 22.3 Å². The van der Waals surface area contributed by atoms with Crippen molar-refractivity contribution in [2.75, 3.05) is 0 Å². The summed E-state index contributed by atoms with van der Waals surface area (Å²) in [5, 5.41) is 9.67. The maximum absolute atomic E-state index is 12.4. The van der Waals surface area contributed by atoms with E-state index < -0.39 is 5.66 Å². The van der Waals surface area contributed by atoms with Crippen molar-refractivity contribution in [1.29, 1.82) is 0 Å². The number of aromatic nitrogens is 1. The highest BCUT2D eigenvalue weighted by molar-refractivity contribution is 9.07. The standard InChI is InChI=1S/C13H15BrN2O3/c1-8-2-3-10(18)15-11(8)12(19)16(14)13(15)6-4-9(17)5-7-13/h2-3,9,17H,4-7H2,1H3. The first-order valence-electron chi connectivity index (χ1n) is 6.39. The van der Waals surface area contributed by atoms with Gasteiger partial charge in [0.2, 0.25) is 0 Å². The first-order chi connectivity index (χ1) is 8.97. The number of halogens is 1. The smallest absolute Gasteiger partial charge is 0.282 e. The van der Waals surface area contributed by atoms with Crippen LogP contribution in [-0.2, 0) is 5.66 Å². The molecule has 2 aliphatic rings. The Bertz CT molecular complexity index is 602. The second kappa shape index (κ2) is 4.18. The summed E-state index contributed by atoms with van der Waals surface area (Å²) in [4.78, 5) is 24.6. The molecular formula is C13H15BrN2O3. The molecule has 1 fully saturated rings. The lowest BCUT2D eigenvalue weighted by atomic mass is 9.87. The molecule has 0 radical (unpaired) electrons. The van der Waals surface area contributed by atoms with Gasteiger partial charge in [-0.1, -0.05) is 6.07 Å². The molecule has 102 valence electrons. The minimum absolute atomic E-state index is 0.160. The Hall–Kier alpha value is -1.14. The van der Waals surface area contributed by atoms with Crippen LogP contribution in [0.1, 0.15) is 41.7 Å². The van der Waals surface area contributed by atoms with Crippen LogP contribution in [0.2, 0.25) is 0 Å².